The number of aliphatic hydroxyl groups is 1. The summed E-state index contributed by atoms with van der Waals surface area (Å²) in [7, 11) is 6.51. The third-order valence-electron chi connectivity index (χ3n) is 9.06. The van der Waals surface area contributed by atoms with Crippen LogP contribution in [0.1, 0.15) is 36.0 Å². The van der Waals surface area contributed by atoms with Gasteiger partial charge in [0.2, 0.25) is 0 Å². The van der Waals surface area contributed by atoms with Gasteiger partial charge in [-0.15, -0.1) is 0 Å². The Morgan fingerprint density at radius 3 is 2.14 bits per heavy atom. The highest BCUT2D eigenvalue weighted by Crippen LogP contribution is 2.36. The quantitative estimate of drug-likeness (QED) is 0.138. The van der Waals surface area contributed by atoms with Gasteiger partial charge >= 0.3 is 6.03 Å². The lowest BCUT2D eigenvalue weighted by Crippen LogP contribution is -2.42. The van der Waals surface area contributed by atoms with E-state index in [1.165, 1.54) is 0 Å². The fourth-order valence-corrected chi connectivity index (χ4v) is 6.32. The Bertz CT molecular complexity index is 1930. The highest BCUT2D eigenvalue weighted by Gasteiger charge is 2.27. The molecule has 3 heterocycles. The number of fused-ring (bicyclic) bond motifs is 1. The van der Waals surface area contributed by atoms with E-state index in [1.807, 2.05) is 61.5 Å². The number of aryl methyl sites for hydroxylation is 1. The molecule has 0 radical (unpaired) electrons. The molecule has 5 aromatic rings. The molecule has 0 bridgehead atoms. The number of benzene rings is 2. The van der Waals surface area contributed by atoms with Crippen molar-refractivity contribution >= 4 is 28.4 Å². The van der Waals surface area contributed by atoms with Gasteiger partial charge in [-0.05, 0) is 79.6 Å². The molecule has 2 aromatic carbocycles. The number of urea groups is 1. The van der Waals surface area contributed by atoms with Crippen LogP contribution in [0.25, 0.3) is 22.0 Å². The van der Waals surface area contributed by atoms with E-state index < -0.39 is 12.1 Å². The van der Waals surface area contributed by atoms with Crippen LogP contribution < -0.4 is 34.5 Å². The number of anilines is 2. The van der Waals surface area contributed by atoms with Crippen LogP contribution in [0.5, 0.6) is 23.0 Å². The minimum atomic E-state index is -0.552. The van der Waals surface area contributed by atoms with Crippen LogP contribution in [-0.4, -0.2) is 66.7 Å². The summed E-state index contributed by atoms with van der Waals surface area (Å²) in [6.45, 7) is 2.84. The number of pyridine rings is 3. The van der Waals surface area contributed by atoms with Gasteiger partial charge in [-0.25, -0.2) is 14.8 Å². The van der Waals surface area contributed by atoms with Crippen LogP contribution in [-0.2, 0) is 13.1 Å². The Balaban J connectivity index is 1.48. The minimum Gasteiger partial charge on any atom is -0.497 e. The van der Waals surface area contributed by atoms with Crippen molar-refractivity contribution in [2.24, 2.45) is 0 Å². The molecule has 0 aliphatic heterocycles. The molecule has 1 aliphatic rings. The molecule has 1 saturated carbocycles. The number of carbonyl (C=O) groups is 1. The first kappa shape index (κ1) is 34.3. The SMILES string of the molecule is COc1ccc(CN(Cc2ccc(OC)cc2OC)c2nc(-c3cnccc3C)cc3cc(NC(=O)N[C@H]4CCC[C@@H]4O)ncc23)c(OC)c1. The molecular weight excluding hydrogens is 636 g/mol. The third kappa shape index (κ3) is 7.50. The molecular formula is C38H42N6O6. The lowest BCUT2D eigenvalue weighted by molar-refractivity contribution is 0.151. The van der Waals surface area contributed by atoms with Crippen LogP contribution in [0.3, 0.4) is 0 Å². The molecule has 0 spiro atoms. The first-order chi connectivity index (χ1) is 24.3. The van der Waals surface area contributed by atoms with Gasteiger partial charge in [-0.2, -0.15) is 0 Å². The topological polar surface area (TPSA) is 140 Å². The summed E-state index contributed by atoms with van der Waals surface area (Å²) >= 11 is 0. The lowest BCUT2D eigenvalue weighted by atomic mass is 10.0. The van der Waals surface area contributed by atoms with E-state index in [-0.39, 0.29) is 6.04 Å². The highest BCUT2D eigenvalue weighted by atomic mass is 16.5. The molecule has 2 amide bonds. The van der Waals surface area contributed by atoms with E-state index in [0.29, 0.717) is 59.8 Å². The predicted octanol–water partition coefficient (Wildman–Crippen LogP) is 6.28. The van der Waals surface area contributed by atoms with Crippen molar-refractivity contribution in [1.29, 1.82) is 0 Å². The van der Waals surface area contributed by atoms with Crippen LogP contribution in [0.4, 0.5) is 16.4 Å². The van der Waals surface area contributed by atoms with Gasteiger partial charge < -0.3 is 34.3 Å². The Morgan fingerprint density at radius 1 is 0.880 bits per heavy atom. The summed E-state index contributed by atoms with van der Waals surface area (Å²) in [4.78, 5) is 29.4. The molecule has 12 nitrogen and oxygen atoms in total. The maximum Gasteiger partial charge on any atom is 0.320 e. The number of nitrogens with one attached hydrogen (secondary N) is 2. The van der Waals surface area contributed by atoms with E-state index in [4.69, 9.17) is 23.9 Å². The second kappa shape index (κ2) is 15.3. The molecule has 0 unspecified atom stereocenters. The molecule has 1 fully saturated rings. The summed E-state index contributed by atoms with van der Waals surface area (Å²) in [5, 5.41) is 17.5. The second-order valence-corrected chi connectivity index (χ2v) is 12.2. The lowest BCUT2D eigenvalue weighted by Gasteiger charge is -2.28. The Labute approximate surface area is 291 Å². The van der Waals surface area contributed by atoms with Gasteiger partial charge in [-0.3, -0.25) is 10.3 Å². The largest absolute Gasteiger partial charge is 0.497 e. The monoisotopic (exact) mass is 678 g/mol. The number of carbonyl (C=O) groups excluding carboxylic acids is 1. The molecule has 50 heavy (non-hydrogen) atoms. The van der Waals surface area contributed by atoms with Crippen LogP contribution in [0, 0.1) is 6.92 Å². The molecule has 3 N–H and O–H groups in total. The second-order valence-electron chi connectivity index (χ2n) is 12.2. The average Bonchev–Trinajstić information content (AvgIpc) is 3.54. The van der Waals surface area contributed by atoms with Gasteiger partial charge in [0.05, 0.1) is 46.3 Å². The van der Waals surface area contributed by atoms with E-state index in [2.05, 4.69) is 25.5 Å². The number of hydrogen-bond acceptors (Lipinski definition) is 10. The van der Waals surface area contributed by atoms with Gasteiger partial charge in [0.25, 0.3) is 0 Å². The van der Waals surface area contributed by atoms with Crippen molar-refractivity contribution in [2.75, 3.05) is 38.7 Å². The zero-order valence-corrected chi connectivity index (χ0v) is 28.9. The van der Waals surface area contributed by atoms with Crippen molar-refractivity contribution in [1.82, 2.24) is 20.3 Å². The zero-order chi connectivity index (χ0) is 35.2. The minimum absolute atomic E-state index is 0.287. The normalized spacial score (nSPS) is 15.4. The predicted molar refractivity (Wildman–Crippen MR) is 192 cm³/mol. The molecule has 1 aliphatic carbocycles. The summed E-state index contributed by atoms with van der Waals surface area (Å²) < 4.78 is 22.5. The highest BCUT2D eigenvalue weighted by molar-refractivity contribution is 5.98. The molecule has 12 heteroatoms. The summed E-state index contributed by atoms with van der Waals surface area (Å²) in [6, 6.07) is 16.5. The van der Waals surface area contributed by atoms with E-state index >= 15 is 0 Å². The Hall–Kier alpha value is -5.62. The van der Waals surface area contributed by atoms with E-state index in [1.54, 1.807) is 47.0 Å². The number of ether oxygens (including phenoxy) is 4. The number of rotatable bonds is 12. The van der Waals surface area contributed by atoms with Crippen LogP contribution in [0.15, 0.2) is 73.2 Å². The molecule has 2 atom stereocenters. The first-order valence-corrected chi connectivity index (χ1v) is 16.4. The van der Waals surface area contributed by atoms with Gasteiger partial charge in [0, 0.05) is 65.9 Å². The smallest absolute Gasteiger partial charge is 0.320 e. The molecule has 6 rings (SSSR count). The standard InChI is InChI=1S/C38H42N6O6/c1-23-13-14-39-19-29(23)32-15-26-16-36(43-38(46)42-31-7-6-8-33(31)45)40-20-30(26)37(41-32)44(21-24-9-11-27(47-2)17-34(24)49-4)22-25-10-12-28(48-3)18-35(25)50-5/h9-20,31,33,45H,6-8,21-22H2,1-5H3,(H2,40,42,43,46)/t31-,33-/m0/s1. The van der Waals surface area contributed by atoms with Crippen LogP contribution >= 0.6 is 0 Å². The first-order valence-electron chi connectivity index (χ1n) is 16.4. The maximum atomic E-state index is 12.9. The van der Waals surface area contributed by atoms with Gasteiger partial charge in [0.15, 0.2) is 0 Å². The Kier molecular flexibility index (Phi) is 10.5. The number of aromatic nitrogens is 3. The maximum absolute atomic E-state index is 12.9. The number of amides is 2. The van der Waals surface area contributed by atoms with Crippen molar-refractivity contribution in [3.63, 3.8) is 0 Å². The third-order valence-corrected chi connectivity index (χ3v) is 9.06. The number of hydrogen-bond donors (Lipinski definition) is 3. The fraction of sp³-hybridized carbons (Fsp3) is 0.316. The number of nitrogens with zero attached hydrogens (tertiary/aromatic N) is 4. The van der Waals surface area contributed by atoms with E-state index in [9.17, 15) is 9.90 Å². The average molecular weight is 679 g/mol. The van der Waals surface area contributed by atoms with Gasteiger partial charge in [0.1, 0.15) is 34.6 Å². The summed E-state index contributed by atoms with van der Waals surface area (Å²) in [5.74, 6) is 3.73. The zero-order valence-electron chi connectivity index (χ0n) is 28.9. The number of methoxy groups -OCH3 is 4. The summed E-state index contributed by atoms with van der Waals surface area (Å²) in [6.07, 6.45) is 7.00. The Morgan fingerprint density at radius 2 is 1.56 bits per heavy atom. The summed E-state index contributed by atoms with van der Waals surface area (Å²) in [5.41, 5.74) is 4.42. The van der Waals surface area contributed by atoms with Crippen molar-refractivity contribution in [2.45, 2.75) is 51.4 Å². The van der Waals surface area contributed by atoms with E-state index in [0.717, 1.165) is 45.9 Å². The van der Waals surface area contributed by atoms with Crippen molar-refractivity contribution in [3.05, 3.63) is 89.9 Å². The fourth-order valence-electron chi connectivity index (χ4n) is 6.32. The molecule has 3 aromatic heterocycles. The number of aliphatic hydroxyl groups excluding tert-OH is 1. The van der Waals surface area contributed by atoms with Gasteiger partial charge in [-0.1, -0.05) is 0 Å². The van der Waals surface area contributed by atoms with Crippen molar-refractivity contribution in [3.8, 4) is 34.3 Å². The van der Waals surface area contributed by atoms with Crippen LogP contribution in [0.2, 0.25) is 0 Å². The molecule has 260 valence electrons. The van der Waals surface area contributed by atoms with Crippen molar-refractivity contribution < 1.29 is 28.8 Å². The molecule has 0 saturated heterocycles.